The highest BCUT2D eigenvalue weighted by Crippen LogP contribution is 2.19. The first-order valence-corrected chi connectivity index (χ1v) is 7.21. The predicted octanol–water partition coefficient (Wildman–Crippen LogP) is 0.956. The highest BCUT2D eigenvalue weighted by molar-refractivity contribution is 5.88. The number of morpholine rings is 1. The van der Waals surface area contributed by atoms with Crippen LogP contribution in [0.2, 0.25) is 0 Å². The smallest absolute Gasteiger partial charge is 0.356 e. The van der Waals surface area contributed by atoms with E-state index >= 15 is 0 Å². The van der Waals surface area contributed by atoms with Crippen molar-refractivity contribution >= 4 is 17.3 Å². The number of fused-ring (bicyclic) bond motifs is 1. The van der Waals surface area contributed by atoms with Gasteiger partial charge in [0.25, 0.3) is 0 Å². The minimum atomic E-state index is -0.348. The van der Waals surface area contributed by atoms with Crippen molar-refractivity contribution in [2.75, 3.05) is 44.9 Å². The molecule has 0 amide bonds. The molecule has 120 valence electrons. The summed E-state index contributed by atoms with van der Waals surface area (Å²) in [5.41, 5.74) is 2.30. The second kappa shape index (κ2) is 7.77. The zero-order valence-corrected chi connectivity index (χ0v) is 12.9. The molecule has 0 saturated carbocycles. The number of ether oxygens (including phenoxy) is 2. The van der Waals surface area contributed by atoms with Crippen molar-refractivity contribution in [2.45, 2.75) is 6.92 Å². The Balaban J connectivity index is 0.000000847. The molecule has 22 heavy (non-hydrogen) atoms. The summed E-state index contributed by atoms with van der Waals surface area (Å²) >= 11 is 0. The Hall–Kier alpha value is -2.12. The van der Waals surface area contributed by atoms with E-state index in [1.807, 2.05) is 18.3 Å². The van der Waals surface area contributed by atoms with E-state index in [9.17, 15) is 4.79 Å². The van der Waals surface area contributed by atoms with Crippen LogP contribution in [0.4, 0.5) is 5.69 Å². The Kier molecular flexibility index (Phi) is 5.74. The Morgan fingerprint density at radius 2 is 2.14 bits per heavy atom. The number of carbonyl (C=O) groups excluding carboxylic acids is 1. The van der Waals surface area contributed by atoms with Gasteiger partial charge in [0.1, 0.15) is 5.65 Å². The number of hydrogen-bond acceptors (Lipinski definition) is 6. The van der Waals surface area contributed by atoms with E-state index in [0.717, 1.165) is 44.7 Å². The predicted molar refractivity (Wildman–Crippen MR) is 82.3 cm³/mol. The molecule has 0 bridgehead atoms. The van der Waals surface area contributed by atoms with Crippen molar-refractivity contribution in [1.82, 2.24) is 9.38 Å². The molecule has 3 heterocycles. The number of aliphatic hydroxyl groups is 1. The summed E-state index contributed by atoms with van der Waals surface area (Å²) in [5, 5.41) is 7.00. The van der Waals surface area contributed by atoms with Crippen LogP contribution in [0.25, 0.3) is 5.65 Å². The maximum atomic E-state index is 11.8. The quantitative estimate of drug-likeness (QED) is 0.851. The van der Waals surface area contributed by atoms with Crippen LogP contribution in [0.1, 0.15) is 17.4 Å². The highest BCUT2D eigenvalue weighted by Gasteiger charge is 2.15. The molecule has 0 radical (unpaired) electrons. The zero-order valence-electron chi connectivity index (χ0n) is 12.9. The second-order valence-corrected chi connectivity index (χ2v) is 4.58. The number of nitrogens with zero attached hydrogens (tertiary/aromatic N) is 3. The molecule has 0 aliphatic carbocycles. The maximum absolute atomic E-state index is 11.8. The zero-order chi connectivity index (χ0) is 15.9. The molecule has 1 aliphatic rings. The van der Waals surface area contributed by atoms with E-state index in [0.29, 0.717) is 12.3 Å². The summed E-state index contributed by atoms with van der Waals surface area (Å²) in [7, 11) is 1.00. The van der Waals surface area contributed by atoms with E-state index in [1.165, 1.54) is 0 Å². The molecular formula is C15H21N3O4. The van der Waals surface area contributed by atoms with Crippen LogP contribution in [0.5, 0.6) is 0 Å². The SMILES string of the molecule is CCOC(=O)c1cnc2cc(N3CCOCC3)ccn12.CO. The number of aliphatic hydroxyl groups excluding tert-OH is 1. The molecule has 1 aliphatic heterocycles. The van der Waals surface area contributed by atoms with Crippen LogP contribution in [-0.4, -0.2) is 60.5 Å². The largest absolute Gasteiger partial charge is 0.461 e. The number of hydrogen-bond donors (Lipinski definition) is 1. The Morgan fingerprint density at radius 1 is 1.41 bits per heavy atom. The third-order valence-electron chi connectivity index (χ3n) is 3.36. The number of esters is 1. The van der Waals surface area contributed by atoms with Crippen molar-refractivity contribution in [2.24, 2.45) is 0 Å². The monoisotopic (exact) mass is 307 g/mol. The molecule has 0 aromatic carbocycles. The van der Waals surface area contributed by atoms with Crippen LogP contribution >= 0.6 is 0 Å². The van der Waals surface area contributed by atoms with Gasteiger partial charge in [-0.05, 0) is 13.0 Å². The fourth-order valence-corrected chi connectivity index (χ4v) is 2.34. The van der Waals surface area contributed by atoms with Gasteiger partial charge < -0.3 is 19.5 Å². The van der Waals surface area contributed by atoms with Gasteiger partial charge in [-0.25, -0.2) is 9.78 Å². The van der Waals surface area contributed by atoms with Crippen molar-refractivity contribution < 1.29 is 19.4 Å². The molecule has 1 saturated heterocycles. The van der Waals surface area contributed by atoms with E-state index in [1.54, 1.807) is 17.5 Å². The third-order valence-corrected chi connectivity index (χ3v) is 3.36. The van der Waals surface area contributed by atoms with E-state index < -0.39 is 0 Å². The fraction of sp³-hybridized carbons (Fsp3) is 0.467. The molecule has 7 nitrogen and oxygen atoms in total. The summed E-state index contributed by atoms with van der Waals surface area (Å²) in [6.45, 7) is 5.39. The lowest BCUT2D eigenvalue weighted by Crippen LogP contribution is -2.36. The molecule has 0 spiro atoms. The van der Waals surface area contributed by atoms with Crippen molar-refractivity contribution in [3.63, 3.8) is 0 Å². The normalized spacial score (nSPS) is 14.4. The summed E-state index contributed by atoms with van der Waals surface area (Å²) < 4.78 is 12.1. The molecule has 1 fully saturated rings. The van der Waals surface area contributed by atoms with Gasteiger partial charge >= 0.3 is 5.97 Å². The van der Waals surface area contributed by atoms with Gasteiger partial charge in [0.05, 0.1) is 26.0 Å². The van der Waals surface area contributed by atoms with E-state index in [2.05, 4.69) is 9.88 Å². The van der Waals surface area contributed by atoms with Crippen LogP contribution in [0.3, 0.4) is 0 Å². The molecule has 7 heteroatoms. The molecule has 2 aromatic rings. The Labute approximate surface area is 129 Å². The standard InChI is InChI=1S/C14H17N3O3.CH4O/c1-2-20-14(18)12-10-15-13-9-11(3-4-17(12)13)16-5-7-19-8-6-16;1-2/h3-4,9-10H,2,5-8H2,1H3;2H,1H3. The lowest BCUT2D eigenvalue weighted by atomic mass is 10.3. The number of pyridine rings is 1. The van der Waals surface area contributed by atoms with Gasteiger partial charge in [-0.3, -0.25) is 4.40 Å². The van der Waals surface area contributed by atoms with Gasteiger partial charge in [-0.2, -0.15) is 0 Å². The summed E-state index contributed by atoms with van der Waals surface area (Å²) in [6, 6.07) is 3.97. The summed E-state index contributed by atoms with van der Waals surface area (Å²) in [6.07, 6.45) is 3.41. The first-order valence-electron chi connectivity index (χ1n) is 7.21. The van der Waals surface area contributed by atoms with Crippen LogP contribution in [0.15, 0.2) is 24.5 Å². The summed E-state index contributed by atoms with van der Waals surface area (Å²) in [4.78, 5) is 18.3. The molecule has 2 aromatic heterocycles. The van der Waals surface area contributed by atoms with Crippen molar-refractivity contribution in [3.8, 4) is 0 Å². The van der Waals surface area contributed by atoms with E-state index in [4.69, 9.17) is 14.6 Å². The molecule has 0 atom stereocenters. The number of rotatable bonds is 3. The third kappa shape index (κ3) is 3.37. The number of anilines is 1. The van der Waals surface area contributed by atoms with Crippen LogP contribution in [-0.2, 0) is 9.47 Å². The number of imidazole rings is 1. The molecular weight excluding hydrogens is 286 g/mol. The van der Waals surface area contributed by atoms with Gasteiger partial charge in [0.15, 0.2) is 5.69 Å². The Bertz CT molecular complexity index is 620. The van der Waals surface area contributed by atoms with E-state index in [-0.39, 0.29) is 5.97 Å². The Morgan fingerprint density at radius 3 is 2.82 bits per heavy atom. The topological polar surface area (TPSA) is 76.3 Å². The lowest BCUT2D eigenvalue weighted by Gasteiger charge is -2.28. The molecule has 3 rings (SSSR count). The van der Waals surface area contributed by atoms with Gasteiger partial charge in [-0.15, -0.1) is 0 Å². The van der Waals surface area contributed by atoms with Crippen LogP contribution < -0.4 is 4.90 Å². The average Bonchev–Trinajstić information content (AvgIpc) is 3.01. The average molecular weight is 307 g/mol. The number of carbonyl (C=O) groups is 1. The minimum Gasteiger partial charge on any atom is -0.461 e. The first-order chi connectivity index (χ1) is 10.8. The molecule has 1 N–H and O–H groups in total. The maximum Gasteiger partial charge on any atom is 0.356 e. The second-order valence-electron chi connectivity index (χ2n) is 4.58. The fourth-order valence-electron chi connectivity index (χ4n) is 2.34. The van der Waals surface area contributed by atoms with Gasteiger partial charge in [-0.1, -0.05) is 0 Å². The van der Waals surface area contributed by atoms with Crippen LogP contribution in [0, 0.1) is 0 Å². The minimum absolute atomic E-state index is 0.348. The molecule has 0 unspecified atom stereocenters. The lowest BCUT2D eigenvalue weighted by molar-refractivity contribution is 0.0518. The van der Waals surface area contributed by atoms with Crippen molar-refractivity contribution in [3.05, 3.63) is 30.2 Å². The number of aromatic nitrogens is 2. The highest BCUT2D eigenvalue weighted by atomic mass is 16.5. The van der Waals surface area contributed by atoms with Crippen molar-refractivity contribution in [1.29, 1.82) is 0 Å². The van der Waals surface area contributed by atoms with Gasteiger partial charge in [0.2, 0.25) is 0 Å². The summed E-state index contributed by atoms with van der Waals surface area (Å²) in [5.74, 6) is -0.348. The first kappa shape index (κ1) is 16.3. The van der Waals surface area contributed by atoms with Gasteiger partial charge in [0, 0.05) is 38.1 Å².